The highest BCUT2D eigenvalue weighted by Gasteiger charge is 2.03. The monoisotopic (exact) mass is 280 g/mol. The quantitative estimate of drug-likeness (QED) is 0.654. The Morgan fingerprint density at radius 1 is 1.44 bits per heavy atom. The lowest BCUT2D eigenvalue weighted by atomic mass is 10.3. The van der Waals surface area contributed by atoms with Crippen LogP contribution in [-0.2, 0) is 4.79 Å². The van der Waals surface area contributed by atoms with Crippen molar-refractivity contribution in [1.29, 1.82) is 0 Å². The van der Waals surface area contributed by atoms with Crippen molar-refractivity contribution in [3.63, 3.8) is 0 Å². The molecule has 0 aromatic heterocycles. The SMILES string of the molecule is CC#CCNCC(=O)Nc1ccccc1Br. The first kappa shape index (κ1) is 12.8. The number of nitrogens with one attached hydrogen (secondary N) is 2. The van der Waals surface area contributed by atoms with Crippen molar-refractivity contribution in [1.82, 2.24) is 5.32 Å². The van der Waals surface area contributed by atoms with Crippen LogP contribution in [0.5, 0.6) is 0 Å². The summed E-state index contributed by atoms with van der Waals surface area (Å²) < 4.78 is 0.872. The summed E-state index contributed by atoms with van der Waals surface area (Å²) >= 11 is 3.36. The van der Waals surface area contributed by atoms with E-state index >= 15 is 0 Å². The van der Waals surface area contributed by atoms with Gasteiger partial charge >= 0.3 is 0 Å². The fourth-order valence-electron chi connectivity index (χ4n) is 1.08. The molecular formula is C12H13BrN2O. The number of rotatable bonds is 4. The van der Waals surface area contributed by atoms with E-state index in [9.17, 15) is 4.79 Å². The Hall–Kier alpha value is -1.31. The van der Waals surface area contributed by atoms with E-state index in [0.29, 0.717) is 6.54 Å². The lowest BCUT2D eigenvalue weighted by Crippen LogP contribution is -2.28. The number of carbonyl (C=O) groups excluding carboxylic acids is 1. The third kappa shape index (κ3) is 4.47. The van der Waals surface area contributed by atoms with Crippen LogP contribution in [0, 0.1) is 11.8 Å². The lowest BCUT2D eigenvalue weighted by Gasteiger charge is -2.06. The van der Waals surface area contributed by atoms with Gasteiger partial charge in [-0.05, 0) is 35.0 Å². The van der Waals surface area contributed by atoms with Crippen molar-refractivity contribution in [2.24, 2.45) is 0 Å². The molecule has 3 nitrogen and oxygen atoms in total. The Labute approximate surface area is 104 Å². The zero-order chi connectivity index (χ0) is 11.8. The maximum atomic E-state index is 11.5. The van der Waals surface area contributed by atoms with E-state index in [1.807, 2.05) is 24.3 Å². The first-order valence-corrected chi connectivity index (χ1v) is 5.68. The molecule has 1 rings (SSSR count). The average molecular weight is 281 g/mol. The summed E-state index contributed by atoms with van der Waals surface area (Å²) in [5.74, 6) is 5.50. The topological polar surface area (TPSA) is 41.1 Å². The summed E-state index contributed by atoms with van der Waals surface area (Å²) in [6.45, 7) is 2.55. The molecule has 1 aromatic rings. The van der Waals surface area contributed by atoms with Gasteiger partial charge in [0.1, 0.15) is 0 Å². The van der Waals surface area contributed by atoms with E-state index in [-0.39, 0.29) is 12.5 Å². The van der Waals surface area contributed by atoms with Crippen LogP contribution >= 0.6 is 15.9 Å². The Morgan fingerprint density at radius 2 is 2.19 bits per heavy atom. The molecule has 2 N–H and O–H groups in total. The molecule has 0 aliphatic carbocycles. The van der Waals surface area contributed by atoms with E-state index in [1.165, 1.54) is 0 Å². The van der Waals surface area contributed by atoms with Gasteiger partial charge in [0, 0.05) is 4.47 Å². The molecule has 84 valence electrons. The Morgan fingerprint density at radius 3 is 2.88 bits per heavy atom. The predicted octanol–water partition coefficient (Wildman–Crippen LogP) is 2.00. The summed E-state index contributed by atoms with van der Waals surface area (Å²) in [6.07, 6.45) is 0. The molecule has 0 aliphatic heterocycles. The predicted molar refractivity (Wildman–Crippen MR) is 69.1 cm³/mol. The third-order valence-electron chi connectivity index (χ3n) is 1.82. The molecule has 0 saturated heterocycles. The van der Waals surface area contributed by atoms with Crippen molar-refractivity contribution in [3.05, 3.63) is 28.7 Å². The fourth-order valence-corrected chi connectivity index (χ4v) is 1.47. The van der Waals surface area contributed by atoms with Gasteiger partial charge < -0.3 is 5.32 Å². The summed E-state index contributed by atoms with van der Waals surface area (Å²) in [7, 11) is 0. The van der Waals surface area contributed by atoms with Gasteiger partial charge in [-0.1, -0.05) is 18.1 Å². The number of anilines is 1. The number of amides is 1. The number of hydrogen-bond donors (Lipinski definition) is 2. The molecule has 0 bridgehead atoms. The molecule has 1 amide bonds. The molecule has 0 heterocycles. The number of carbonyl (C=O) groups is 1. The van der Waals surface area contributed by atoms with Gasteiger partial charge in [0.2, 0.25) is 5.91 Å². The maximum absolute atomic E-state index is 11.5. The van der Waals surface area contributed by atoms with Crippen molar-refractivity contribution >= 4 is 27.5 Å². The second-order valence-corrected chi connectivity index (χ2v) is 3.91. The molecule has 4 heteroatoms. The minimum absolute atomic E-state index is 0.0789. The van der Waals surface area contributed by atoms with E-state index in [2.05, 4.69) is 38.4 Å². The first-order chi connectivity index (χ1) is 7.74. The van der Waals surface area contributed by atoms with Crippen LogP contribution in [0.25, 0.3) is 0 Å². The Kier molecular flexibility index (Phi) is 5.62. The minimum Gasteiger partial charge on any atom is -0.324 e. The van der Waals surface area contributed by atoms with Crippen LogP contribution in [-0.4, -0.2) is 19.0 Å². The first-order valence-electron chi connectivity index (χ1n) is 4.88. The van der Waals surface area contributed by atoms with Crippen LogP contribution < -0.4 is 10.6 Å². The van der Waals surface area contributed by atoms with Gasteiger partial charge in [0.15, 0.2) is 0 Å². The molecule has 1 aromatic carbocycles. The van der Waals surface area contributed by atoms with Gasteiger partial charge in [0.25, 0.3) is 0 Å². The van der Waals surface area contributed by atoms with E-state index in [0.717, 1.165) is 10.2 Å². The van der Waals surface area contributed by atoms with Crippen LogP contribution in [0.2, 0.25) is 0 Å². The molecule has 0 spiro atoms. The highest BCUT2D eigenvalue weighted by molar-refractivity contribution is 9.10. The molecule has 0 fully saturated rings. The summed E-state index contributed by atoms with van der Waals surface area (Å²) in [5, 5.41) is 5.72. The average Bonchev–Trinajstić information content (AvgIpc) is 2.28. The molecule has 0 aliphatic rings. The van der Waals surface area contributed by atoms with Crippen molar-refractivity contribution in [3.8, 4) is 11.8 Å². The second-order valence-electron chi connectivity index (χ2n) is 3.06. The summed E-state index contributed by atoms with van der Waals surface area (Å²) in [5.41, 5.74) is 0.774. The minimum atomic E-state index is -0.0789. The zero-order valence-electron chi connectivity index (χ0n) is 9.01. The highest BCUT2D eigenvalue weighted by atomic mass is 79.9. The maximum Gasteiger partial charge on any atom is 0.238 e. The lowest BCUT2D eigenvalue weighted by molar-refractivity contribution is -0.115. The molecule has 0 saturated carbocycles. The van der Waals surface area contributed by atoms with Gasteiger partial charge in [-0.15, -0.1) is 5.92 Å². The van der Waals surface area contributed by atoms with E-state index < -0.39 is 0 Å². The number of para-hydroxylation sites is 1. The van der Waals surface area contributed by atoms with Crippen LogP contribution in [0.1, 0.15) is 6.92 Å². The summed E-state index contributed by atoms with van der Waals surface area (Å²) in [6, 6.07) is 7.49. The third-order valence-corrected chi connectivity index (χ3v) is 2.52. The molecule has 0 unspecified atom stereocenters. The smallest absolute Gasteiger partial charge is 0.238 e. The number of hydrogen-bond acceptors (Lipinski definition) is 2. The molecular weight excluding hydrogens is 268 g/mol. The van der Waals surface area contributed by atoms with E-state index in [1.54, 1.807) is 6.92 Å². The molecule has 0 atom stereocenters. The number of benzene rings is 1. The Bertz CT molecular complexity index is 421. The van der Waals surface area contributed by atoms with Crippen LogP contribution in [0.3, 0.4) is 0 Å². The largest absolute Gasteiger partial charge is 0.324 e. The Balaban J connectivity index is 2.39. The van der Waals surface area contributed by atoms with Crippen LogP contribution in [0.15, 0.2) is 28.7 Å². The number of halogens is 1. The zero-order valence-corrected chi connectivity index (χ0v) is 10.6. The normalized spacial score (nSPS) is 9.12. The van der Waals surface area contributed by atoms with Crippen LogP contribution in [0.4, 0.5) is 5.69 Å². The standard InChI is InChI=1S/C12H13BrN2O/c1-2-3-8-14-9-12(16)15-11-7-5-4-6-10(11)13/h4-7,14H,8-9H2,1H3,(H,15,16). The van der Waals surface area contributed by atoms with Crippen molar-refractivity contribution in [2.45, 2.75) is 6.92 Å². The van der Waals surface area contributed by atoms with E-state index in [4.69, 9.17) is 0 Å². The molecule has 16 heavy (non-hydrogen) atoms. The summed E-state index contributed by atoms with van der Waals surface area (Å²) in [4.78, 5) is 11.5. The van der Waals surface area contributed by atoms with Gasteiger partial charge in [-0.25, -0.2) is 0 Å². The highest BCUT2D eigenvalue weighted by Crippen LogP contribution is 2.20. The van der Waals surface area contributed by atoms with Crippen molar-refractivity contribution in [2.75, 3.05) is 18.4 Å². The van der Waals surface area contributed by atoms with Crippen molar-refractivity contribution < 1.29 is 4.79 Å². The van der Waals surface area contributed by atoms with Gasteiger partial charge in [-0.2, -0.15) is 0 Å². The second kappa shape index (κ2) is 7.04. The molecule has 0 radical (unpaired) electrons. The fraction of sp³-hybridized carbons (Fsp3) is 0.250. The van der Waals surface area contributed by atoms with Gasteiger partial charge in [-0.3, -0.25) is 10.1 Å². The van der Waals surface area contributed by atoms with Gasteiger partial charge in [0.05, 0.1) is 18.8 Å².